The summed E-state index contributed by atoms with van der Waals surface area (Å²) < 4.78 is 39.2. The van der Waals surface area contributed by atoms with E-state index in [1.54, 1.807) is 17.2 Å². The predicted molar refractivity (Wildman–Crippen MR) is 117 cm³/mol. The van der Waals surface area contributed by atoms with E-state index in [1.165, 1.54) is 12.1 Å². The van der Waals surface area contributed by atoms with Crippen molar-refractivity contribution < 1.29 is 13.2 Å². The molecule has 2 fully saturated rings. The Morgan fingerprint density at radius 3 is 2.69 bits per heavy atom. The quantitative estimate of drug-likeness (QED) is 0.733. The molecule has 3 heterocycles. The molecule has 0 atom stereocenters. The van der Waals surface area contributed by atoms with Crippen molar-refractivity contribution in [2.75, 3.05) is 41.9 Å². The lowest BCUT2D eigenvalue weighted by Gasteiger charge is -2.22. The molecule has 1 aromatic heterocycles. The molecule has 32 heavy (non-hydrogen) atoms. The van der Waals surface area contributed by atoms with Crippen LogP contribution < -0.4 is 20.4 Å². The van der Waals surface area contributed by atoms with Gasteiger partial charge in [-0.05, 0) is 37.1 Å². The van der Waals surface area contributed by atoms with Crippen LogP contribution in [0.15, 0.2) is 60.8 Å². The lowest BCUT2D eigenvalue weighted by atomic mass is 10.2. The van der Waals surface area contributed by atoms with Gasteiger partial charge in [0.05, 0.1) is 23.5 Å². The molecule has 0 bridgehead atoms. The molecule has 3 aliphatic rings. The van der Waals surface area contributed by atoms with E-state index in [0.717, 1.165) is 49.3 Å². The van der Waals surface area contributed by atoms with Crippen molar-refractivity contribution in [1.82, 2.24) is 20.2 Å². The number of benzene rings is 1. The zero-order valence-electron chi connectivity index (χ0n) is 17.7. The van der Waals surface area contributed by atoms with Gasteiger partial charge in [0.25, 0.3) is 0 Å². The topological polar surface area (TPSA) is 59.6 Å². The van der Waals surface area contributed by atoms with Gasteiger partial charge in [0.2, 0.25) is 5.95 Å². The van der Waals surface area contributed by atoms with Crippen LogP contribution in [-0.2, 0) is 6.18 Å². The van der Waals surface area contributed by atoms with Crippen LogP contribution >= 0.6 is 0 Å². The Hall–Kier alpha value is -3.43. The van der Waals surface area contributed by atoms with Crippen LogP contribution in [0.1, 0.15) is 18.4 Å². The van der Waals surface area contributed by atoms with Gasteiger partial charge in [-0.3, -0.25) is 0 Å². The number of rotatable bonds is 5. The summed E-state index contributed by atoms with van der Waals surface area (Å²) in [5.41, 5.74) is 0.422. The van der Waals surface area contributed by atoms with Crippen LogP contribution in [0.4, 0.5) is 30.6 Å². The van der Waals surface area contributed by atoms with E-state index >= 15 is 0 Å². The van der Waals surface area contributed by atoms with E-state index in [4.69, 9.17) is 0 Å². The first-order valence-electron chi connectivity index (χ1n) is 10.4. The fourth-order valence-corrected chi connectivity index (χ4v) is 4.06. The minimum Gasteiger partial charge on any atom is -0.368 e. The molecule has 1 aliphatic carbocycles. The smallest absolute Gasteiger partial charge is 0.368 e. The minimum absolute atomic E-state index is 0.339. The average Bonchev–Trinajstić information content (AvgIpc) is 3.22. The van der Waals surface area contributed by atoms with Crippen molar-refractivity contribution in [3.63, 3.8) is 0 Å². The number of nitrogens with one attached hydrogen (secondary N) is 2. The Bertz CT molecular complexity index is 1080. The van der Waals surface area contributed by atoms with Gasteiger partial charge in [0.15, 0.2) is 0 Å². The first kappa shape index (κ1) is 20.5. The highest BCUT2D eigenvalue weighted by molar-refractivity contribution is 5.57. The Kier molecular flexibility index (Phi) is 4.68. The van der Waals surface area contributed by atoms with Gasteiger partial charge < -0.3 is 25.3 Å². The number of anilines is 3. The third-order valence-corrected chi connectivity index (χ3v) is 6.18. The third kappa shape index (κ3) is 3.69. The van der Waals surface area contributed by atoms with E-state index in [1.807, 2.05) is 19.3 Å². The number of aromatic nitrogens is 2. The fraction of sp³-hybridized carbons (Fsp3) is 0.364. The van der Waals surface area contributed by atoms with E-state index in [0.29, 0.717) is 18.3 Å². The molecule has 5 rings (SSSR count). The zero-order chi connectivity index (χ0) is 22.5. The van der Waals surface area contributed by atoms with Gasteiger partial charge in [0.1, 0.15) is 11.6 Å². The number of likely N-dealkylation sites (N-methyl/N-ethyl adjacent to an activating group) is 1. The maximum absolute atomic E-state index is 13.1. The second-order valence-electron chi connectivity index (χ2n) is 8.33. The molecule has 0 amide bonds. The van der Waals surface area contributed by atoms with Crippen molar-refractivity contribution in [2.24, 2.45) is 0 Å². The van der Waals surface area contributed by atoms with Crippen molar-refractivity contribution in [2.45, 2.75) is 24.6 Å². The van der Waals surface area contributed by atoms with E-state index in [-0.39, 0.29) is 5.54 Å². The number of halogens is 3. The van der Waals surface area contributed by atoms with Crippen molar-refractivity contribution in [1.29, 1.82) is 0 Å². The monoisotopic (exact) mass is 443 g/mol. The lowest BCUT2D eigenvalue weighted by molar-refractivity contribution is -0.137. The summed E-state index contributed by atoms with van der Waals surface area (Å²) >= 11 is 0. The van der Waals surface area contributed by atoms with Crippen LogP contribution in [0.3, 0.4) is 0 Å². The van der Waals surface area contributed by atoms with Gasteiger partial charge >= 0.3 is 6.18 Å². The molecule has 7 nitrogen and oxygen atoms in total. The standard InChI is InChI=1S/C22H24F3N7/c1-15-30(2)10-11-32(15)19-6-9-26-20(28-19)29-21(7-8-21)18-13-31(14-27-18)17-5-3-4-16(12-17)22(23,24)25/h3-6,9,12-13,27H,1,7-8,10-11,14H2,2H3,(H,26,28,29). The molecule has 1 saturated carbocycles. The maximum Gasteiger partial charge on any atom is 0.416 e. The molecule has 0 radical (unpaired) electrons. The summed E-state index contributed by atoms with van der Waals surface area (Å²) in [4.78, 5) is 15.0. The largest absolute Gasteiger partial charge is 0.416 e. The first-order chi connectivity index (χ1) is 15.2. The highest BCUT2D eigenvalue weighted by Gasteiger charge is 2.48. The number of nitrogens with zero attached hydrogens (tertiary/aromatic N) is 5. The van der Waals surface area contributed by atoms with Crippen LogP contribution in [-0.4, -0.2) is 47.2 Å². The average molecular weight is 443 g/mol. The summed E-state index contributed by atoms with van der Waals surface area (Å²) in [6.45, 7) is 6.21. The molecule has 1 saturated heterocycles. The van der Waals surface area contributed by atoms with Gasteiger partial charge in [-0.1, -0.05) is 12.6 Å². The second kappa shape index (κ2) is 7.32. The Morgan fingerprint density at radius 1 is 1.19 bits per heavy atom. The highest BCUT2D eigenvalue weighted by atomic mass is 19.4. The van der Waals surface area contributed by atoms with Crippen LogP contribution in [0.2, 0.25) is 0 Å². The van der Waals surface area contributed by atoms with Crippen LogP contribution in [0.25, 0.3) is 0 Å². The molecule has 10 heteroatoms. The second-order valence-corrected chi connectivity index (χ2v) is 8.33. The summed E-state index contributed by atoms with van der Waals surface area (Å²) in [5, 5.41) is 6.76. The van der Waals surface area contributed by atoms with Gasteiger partial charge in [0, 0.05) is 38.2 Å². The number of hydrogen-bond donors (Lipinski definition) is 2. The van der Waals surface area contributed by atoms with E-state index in [2.05, 4.69) is 37.0 Å². The summed E-state index contributed by atoms with van der Waals surface area (Å²) in [7, 11) is 2.00. The molecular weight excluding hydrogens is 419 g/mol. The first-order valence-corrected chi connectivity index (χ1v) is 10.4. The maximum atomic E-state index is 13.1. The predicted octanol–water partition coefficient (Wildman–Crippen LogP) is 3.57. The molecule has 2 aromatic rings. The molecule has 2 N–H and O–H groups in total. The van der Waals surface area contributed by atoms with Gasteiger partial charge in [-0.2, -0.15) is 18.2 Å². The van der Waals surface area contributed by atoms with E-state index in [9.17, 15) is 13.2 Å². The highest BCUT2D eigenvalue weighted by Crippen LogP contribution is 2.45. The Morgan fingerprint density at radius 2 is 2.00 bits per heavy atom. The Labute approximate surface area is 184 Å². The third-order valence-electron chi connectivity index (χ3n) is 6.18. The molecule has 1 aromatic carbocycles. The van der Waals surface area contributed by atoms with Gasteiger partial charge in [-0.25, -0.2) is 4.98 Å². The van der Waals surface area contributed by atoms with Crippen molar-refractivity contribution in [3.8, 4) is 0 Å². The zero-order valence-corrected chi connectivity index (χ0v) is 17.7. The number of alkyl halides is 3. The number of hydrogen-bond acceptors (Lipinski definition) is 7. The van der Waals surface area contributed by atoms with Gasteiger partial charge in [-0.15, -0.1) is 0 Å². The summed E-state index contributed by atoms with van der Waals surface area (Å²) in [6.07, 6.45) is 0.991. The molecule has 0 spiro atoms. The minimum atomic E-state index is -4.37. The SMILES string of the molecule is C=C1N(C)CCN1c1ccnc(NC2(C3=CN(c4cccc(C(F)(F)F)c4)CN3)CC2)n1. The van der Waals surface area contributed by atoms with Crippen LogP contribution in [0, 0.1) is 0 Å². The Balaban J connectivity index is 1.33. The van der Waals surface area contributed by atoms with E-state index < -0.39 is 11.7 Å². The van der Waals surface area contributed by atoms with Crippen LogP contribution in [0.5, 0.6) is 0 Å². The molecule has 168 valence electrons. The van der Waals surface area contributed by atoms with Crippen molar-refractivity contribution >= 4 is 17.5 Å². The normalized spacial score (nSPS) is 19.8. The molecule has 2 aliphatic heterocycles. The summed E-state index contributed by atoms with van der Waals surface area (Å²) in [5.74, 6) is 2.20. The van der Waals surface area contributed by atoms with Crippen molar-refractivity contribution in [3.05, 3.63) is 66.4 Å². The summed E-state index contributed by atoms with van der Waals surface area (Å²) in [6, 6.07) is 7.21. The fourth-order valence-electron chi connectivity index (χ4n) is 4.06. The molecule has 0 unspecified atom stereocenters. The molecular formula is C22H24F3N7. The lowest BCUT2D eigenvalue weighted by Crippen LogP contribution is -2.32.